The van der Waals surface area contributed by atoms with E-state index in [2.05, 4.69) is 42.3 Å². The van der Waals surface area contributed by atoms with Crippen LogP contribution in [0.3, 0.4) is 0 Å². The molecule has 146 valence electrons. The molecule has 0 fully saturated rings. The van der Waals surface area contributed by atoms with Crippen LogP contribution in [0.1, 0.15) is 11.1 Å². The van der Waals surface area contributed by atoms with Crippen LogP contribution in [-0.4, -0.2) is 15.5 Å². The third-order valence-electron chi connectivity index (χ3n) is 4.46. The molecular formula is C22H19N3O2S2. The molecule has 4 aromatic rings. The Labute approximate surface area is 176 Å². The lowest BCUT2D eigenvalue weighted by Gasteiger charge is -2.09. The zero-order valence-corrected chi connectivity index (χ0v) is 17.6. The largest absolute Gasteiger partial charge is 0.325 e. The second-order valence-electron chi connectivity index (χ2n) is 6.76. The number of rotatable bonds is 5. The van der Waals surface area contributed by atoms with Gasteiger partial charge in [0.2, 0.25) is 5.91 Å². The molecule has 0 unspecified atom stereocenters. The van der Waals surface area contributed by atoms with Gasteiger partial charge in [-0.3, -0.25) is 14.2 Å². The number of fused-ring (bicyclic) bond motifs is 1. The summed E-state index contributed by atoms with van der Waals surface area (Å²) in [5, 5.41) is 5.20. The molecule has 0 spiro atoms. The van der Waals surface area contributed by atoms with Crippen molar-refractivity contribution < 1.29 is 4.79 Å². The van der Waals surface area contributed by atoms with E-state index in [0.717, 1.165) is 4.90 Å². The average molecular weight is 422 g/mol. The molecule has 1 amide bonds. The summed E-state index contributed by atoms with van der Waals surface area (Å²) in [5.41, 5.74) is 2.98. The van der Waals surface area contributed by atoms with Gasteiger partial charge in [-0.1, -0.05) is 29.5 Å². The predicted octanol–water partition coefficient (Wildman–Crippen LogP) is 4.86. The van der Waals surface area contributed by atoms with Crippen LogP contribution in [-0.2, 0) is 11.3 Å². The Bertz CT molecular complexity index is 1240. The second-order valence-corrected chi connectivity index (χ2v) is 8.77. The highest BCUT2D eigenvalue weighted by molar-refractivity contribution is 7.99. The summed E-state index contributed by atoms with van der Waals surface area (Å²) < 4.78 is 1.33. The average Bonchev–Trinajstić information content (AvgIpc) is 3.17. The van der Waals surface area contributed by atoms with Crippen molar-refractivity contribution in [3.8, 4) is 0 Å². The van der Waals surface area contributed by atoms with E-state index in [4.69, 9.17) is 0 Å². The molecule has 4 rings (SSSR count). The highest BCUT2D eigenvalue weighted by Crippen LogP contribution is 2.31. The van der Waals surface area contributed by atoms with E-state index in [9.17, 15) is 9.59 Å². The first-order chi connectivity index (χ1) is 14.0. The Morgan fingerprint density at radius 1 is 1.14 bits per heavy atom. The van der Waals surface area contributed by atoms with Gasteiger partial charge in [-0.25, -0.2) is 4.98 Å². The topological polar surface area (TPSA) is 64.0 Å². The number of carbonyl (C=O) groups is 1. The van der Waals surface area contributed by atoms with E-state index in [1.165, 1.54) is 38.3 Å². The van der Waals surface area contributed by atoms with Gasteiger partial charge in [-0.2, -0.15) is 0 Å². The lowest BCUT2D eigenvalue weighted by atomic mass is 10.2. The van der Waals surface area contributed by atoms with Crippen LogP contribution in [0.15, 0.2) is 74.8 Å². The van der Waals surface area contributed by atoms with Gasteiger partial charge in [0, 0.05) is 15.5 Å². The van der Waals surface area contributed by atoms with Crippen LogP contribution in [0, 0.1) is 13.8 Å². The maximum absolute atomic E-state index is 12.4. The van der Waals surface area contributed by atoms with Crippen molar-refractivity contribution in [1.29, 1.82) is 0 Å². The summed E-state index contributed by atoms with van der Waals surface area (Å²) in [6.45, 7) is 4.12. The Hall–Kier alpha value is -2.90. The fourth-order valence-corrected chi connectivity index (χ4v) is 4.61. The molecule has 0 bridgehead atoms. The summed E-state index contributed by atoms with van der Waals surface area (Å²) in [4.78, 5) is 32.0. The molecule has 7 heteroatoms. The van der Waals surface area contributed by atoms with Crippen molar-refractivity contribution in [1.82, 2.24) is 9.55 Å². The third-order valence-corrected chi connectivity index (χ3v) is 6.47. The van der Waals surface area contributed by atoms with Crippen LogP contribution in [0.5, 0.6) is 0 Å². The SMILES string of the molecule is Cc1ccc(Sc2ccc(NC(=O)Cn3cnc4sccc4c3=O)cc2)c(C)c1. The van der Waals surface area contributed by atoms with Gasteiger partial charge < -0.3 is 5.32 Å². The fourth-order valence-electron chi connectivity index (χ4n) is 3.01. The maximum atomic E-state index is 12.4. The summed E-state index contributed by atoms with van der Waals surface area (Å²) in [6.07, 6.45) is 1.42. The number of carbonyl (C=O) groups excluding carboxylic acids is 1. The highest BCUT2D eigenvalue weighted by Gasteiger charge is 2.09. The summed E-state index contributed by atoms with van der Waals surface area (Å²) in [5.74, 6) is -0.265. The monoisotopic (exact) mass is 421 g/mol. The van der Waals surface area contributed by atoms with Gasteiger partial charge in [0.05, 0.1) is 11.7 Å². The van der Waals surface area contributed by atoms with Crippen molar-refractivity contribution in [2.24, 2.45) is 0 Å². The molecule has 0 aliphatic heterocycles. The van der Waals surface area contributed by atoms with E-state index >= 15 is 0 Å². The fraction of sp³-hybridized carbons (Fsp3) is 0.136. The van der Waals surface area contributed by atoms with E-state index in [0.29, 0.717) is 15.9 Å². The number of aromatic nitrogens is 2. The highest BCUT2D eigenvalue weighted by atomic mass is 32.2. The van der Waals surface area contributed by atoms with Gasteiger partial charge in [-0.15, -0.1) is 11.3 Å². The van der Waals surface area contributed by atoms with E-state index in [1.807, 2.05) is 29.6 Å². The van der Waals surface area contributed by atoms with Crippen LogP contribution < -0.4 is 10.9 Å². The van der Waals surface area contributed by atoms with Gasteiger partial charge in [-0.05, 0) is 61.2 Å². The molecule has 0 atom stereocenters. The molecule has 29 heavy (non-hydrogen) atoms. The maximum Gasteiger partial charge on any atom is 0.262 e. The summed E-state index contributed by atoms with van der Waals surface area (Å²) in [6, 6.07) is 15.8. The molecular weight excluding hydrogens is 402 g/mol. The minimum absolute atomic E-state index is 0.0727. The minimum Gasteiger partial charge on any atom is -0.325 e. The smallest absolute Gasteiger partial charge is 0.262 e. The number of hydrogen-bond donors (Lipinski definition) is 1. The molecule has 0 aliphatic carbocycles. The van der Waals surface area contributed by atoms with Crippen molar-refractivity contribution >= 4 is 44.9 Å². The third kappa shape index (κ3) is 4.41. The van der Waals surface area contributed by atoms with Crippen LogP contribution in [0.25, 0.3) is 10.2 Å². The first kappa shape index (κ1) is 19.4. The zero-order chi connectivity index (χ0) is 20.4. The minimum atomic E-state index is -0.265. The number of anilines is 1. The number of nitrogens with zero attached hydrogens (tertiary/aromatic N) is 2. The second kappa shape index (κ2) is 8.23. The molecule has 0 saturated carbocycles. The Kier molecular flexibility index (Phi) is 5.51. The van der Waals surface area contributed by atoms with Gasteiger partial charge in [0.25, 0.3) is 5.56 Å². The number of aryl methyl sites for hydroxylation is 2. The number of nitrogens with one attached hydrogen (secondary N) is 1. The number of thiophene rings is 1. The molecule has 2 aromatic heterocycles. The standard InChI is InChI=1S/C22H19N3O2S2/c1-14-3-8-19(15(2)11-14)29-17-6-4-16(5-7-17)24-20(26)12-25-13-23-21-18(22(25)27)9-10-28-21/h3-11,13H,12H2,1-2H3,(H,24,26). The number of hydrogen-bond acceptors (Lipinski definition) is 5. The van der Waals surface area contributed by atoms with E-state index in [-0.39, 0.29) is 18.0 Å². The summed E-state index contributed by atoms with van der Waals surface area (Å²) in [7, 11) is 0. The Balaban J connectivity index is 1.42. The first-order valence-electron chi connectivity index (χ1n) is 9.07. The van der Waals surface area contributed by atoms with E-state index in [1.54, 1.807) is 17.8 Å². The molecule has 1 N–H and O–H groups in total. The molecule has 0 radical (unpaired) electrons. The summed E-state index contributed by atoms with van der Waals surface area (Å²) >= 11 is 3.10. The van der Waals surface area contributed by atoms with Crippen molar-refractivity contribution in [2.45, 2.75) is 30.2 Å². The first-order valence-corrected chi connectivity index (χ1v) is 10.8. The van der Waals surface area contributed by atoms with Crippen molar-refractivity contribution in [3.63, 3.8) is 0 Å². The lowest BCUT2D eigenvalue weighted by molar-refractivity contribution is -0.116. The van der Waals surface area contributed by atoms with Gasteiger partial charge in [0.15, 0.2) is 0 Å². The van der Waals surface area contributed by atoms with Gasteiger partial charge in [0.1, 0.15) is 11.4 Å². The predicted molar refractivity (Wildman–Crippen MR) is 119 cm³/mol. The quantitative estimate of drug-likeness (QED) is 0.500. The normalized spacial score (nSPS) is 11.0. The number of benzene rings is 2. The van der Waals surface area contributed by atoms with Crippen LogP contribution >= 0.6 is 23.1 Å². The Morgan fingerprint density at radius 3 is 2.69 bits per heavy atom. The molecule has 0 aliphatic rings. The molecule has 2 heterocycles. The van der Waals surface area contributed by atoms with Crippen LogP contribution in [0.4, 0.5) is 5.69 Å². The number of amides is 1. The molecule has 2 aromatic carbocycles. The zero-order valence-electron chi connectivity index (χ0n) is 16.0. The van der Waals surface area contributed by atoms with Gasteiger partial charge >= 0.3 is 0 Å². The Morgan fingerprint density at radius 2 is 1.93 bits per heavy atom. The van der Waals surface area contributed by atoms with Crippen LogP contribution in [0.2, 0.25) is 0 Å². The van der Waals surface area contributed by atoms with Crippen molar-refractivity contribution in [3.05, 3.63) is 81.7 Å². The van der Waals surface area contributed by atoms with Crippen molar-refractivity contribution in [2.75, 3.05) is 5.32 Å². The molecule has 0 saturated heterocycles. The van der Waals surface area contributed by atoms with E-state index < -0.39 is 0 Å². The molecule has 5 nitrogen and oxygen atoms in total. The lowest BCUT2D eigenvalue weighted by Crippen LogP contribution is -2.27.